The molecule has 0 unspecified atom stereocenters. The second-order valence-corrected chi connectivity index (χ2v) is 2.59. The summed E-state index contributed by atoms with van der Waals surface area (Å²) in [6.07, 6.45) is 0. The molecule has 0 atom stereocenters. The van der Waals surface area contributed by atoms with Crippen LogP contribution in [0.1, 0.15) is 6.99 Å². The van der Waals surface area contributed by atoms with E-state index < -0.39 is 5.82 Å². The summed E-state index contributed by atoms with van der Waals surface area (Å²) in [4.78, 5) is 0. The van der Waals surface area contributed by atoms with Gasteiger partial charge in [0.05, 0.1) is 5.02 Å². The monoisotopic (exact) mass is 222 g/mol. The molecular formula is C8H5ClFN2NaO. The standard InChI is InChI=1S/C8H4ClFN2O.Na.H/c9-7-3-5(10)1-2-6(7)8(4-11)12-13;;/h1-3,13H;;/q;+1;-1. The Morgan fingerprint density at radius 3 is 2.71 bits per heavy atom. The van der Waals surface area contributed by atoms with Gasteiger partial charge in [-0.25, -0.2) is 4.39 Å². The predicted octanol–water partition coefficient (Wildman–Crippen LogP) is -0.703. The molecular weight excluding hydrogens is 218 g/mol. The number of hydrogen-bond donors (Lipinski definition) is 1. The van der Waals surface area contributed by atoms with Crippen molar-refractivity contribution in [2.75, 3.05) is 0 Å². The molecule has 0 spiro atoms. The maximum Gasteiger partial charge on any atom is 1.00 e. The van der Waals surface area contributed by atoms with Crippen LogP contribution in [0.15, 0.2) is 23.4 Å². The van der Waals surface area contributed by atoms with Gasteiger partial charge in [0.25, 0.3) is 0 Å². The Kier molecular flexibility index (Phi) is 5.73. The van der Waals surface area contributed by atoms with Crippen molar-refractivity contribution in [3.8, 4) is 6.07 Å². The van der Waals surface area contributed by atoms with Crippen LogP contribution in [0.25, 0.3) is 0 Å². The molecule has 0 heterocycles. The zero-order valence-corrected chi connectivity index (χ0v) is 10.1. The molecule has 3 nitrogen and oxygen atoms in total. The van der Waals surface area contributed by atoms with Gasteiger partial charge in [-0.2, -0.15) is 5.26 Å². The SMILES string of the molecule is N#CC(=NO)c1ccc(F)cc1Cl.[H-].[Na+]. The van der Waals surface area contributed by atoms with Gasteiger partial charge in [-0.05, 0) is 18.2 Å². The third kappa shape index (κ3) is 2.96. The van der Waals surface area contributed by atoms with Crippen LogP contribution in [0, 0.1) is 17.1 Å². The Balaban J connectivity index is 0. The van der Waals surface area contributed by atoms with Crippen LogP contribution in [0.3, 0.4) is 0 Å². The number of nitrogens with zero attached hydrogens (tertiary/aromatic N) is 2. The number of halogens is 2. The molecule has 1 aromatic carbocycles. The van der Waals surface area contributed by atoms with Crippen molar-refractivity contribution in [1.82, 2.24) is 0 Å². The van der Waals surface area contributed by atoms with Crippen molar-refractivity contribution in [2.24, 2.45) is 5.16 Å². The number of rotatable bonds is 1. The van der Waals surface area contributed by atoms with E-state index in [2.05, 4.69) is 5.16 Å². The van der Waals surface area contributed by atoms with E-state index in [0.717, 1.165) is 12.1 Å². The minimum atomic E-state index is -0.510. The molecule has 0 saturated carbocycles. The molecule has 0 amide bonds. The van der Waals surface area contributed by atoms with Crippen molar-refractivity contribution in [3.05, 3.63) is 34.6 Å². The first-order valence-electron chi connectivity index (χ1n) is 3.26. The number of benzene rings is 1. The summed E-state index contributed by atoms with van der Waals surface area (Å²) < 4.78 is 12.5. The van der Waals surface area contributed by atoms with Gasteiger partial charge in [-0.1, -0.05) is 16.8 Å². The summed E-state index contributed by atoms with van der Waals surface area (Å²) in [5, 5.41) is 19.6. The Hall–Kier alpha value is -0.600. The van der Waals surface area contributed by atoms with Gasteiger partial charge >= 0.3 is 29.6 Å². The largest absolute Gasteiger partial charge is 1.00 e. The first-order valence-corrected chi connectivity index (χ1v) is 3.64. The van der Waals surface area contributed by atoms with Crippen molar-refractivity contribution in [2.45, 2.75) is 0 Å². The maximum atomic E-state index is 12.5. The fourth-order valence-electron chi connectivity index (χ4n) is 0.818. The normalized spacial score (nSPS) is 10.2. The van der Waals surface area contributed by atoms with E-state index in [4.69, 9.17) is 22.1 Å². The molecule has 0 radical (unpaired) electrons. The predicted molar refractivity (Wildman–Crippen MR) is 46.5 cm³/mol. The molecule has 0 aliphatic carbocycles. The second kappa shape index (κ2) is 5.99. The molecule has 1 N–H and O–H groups in total. The van der Waals surface area contributed by atoms with Crippen LogP contribution in [-0.2, 0) is 0 Å². The Morgan fingerprint density at radius 2 is 2.29 bits per heavy atom. The molecule has 0 aliphatic heterocycles. The van der Waals surface area contributed by atoms with E-state index in [1.165, 1.54) is 6.07 Å². The summed E-state index contributed by atoms with van der Waals surface area (Å²) >= 11 is 5.60. The van der Waals surface area contributed by atoms with E-state index in [9.17, 15) is 4.39 Å². The smallest absolute Gasteiger partial charge is 1.00 e. The summed E-state index contributed by atoms with van der Waals surface area (Å²) in [5.74, 6) is -0.510. The fourth-order valence-corrected chi connectivity index (χ4v) is 1.07. The van der Waals surface area contributed by atoms with Gasteiger partial charge in [0.2, 0.25) is 0 Å². The van der Waals surface area contributed by atoms with Crippen molar-refractivity contribution >= 4 is 17.3 Å². The van der Waals surface area contributed by atoms with E-state index >= 15 is 0 Å². The van der Waals surface area contributed by atoms with Gasteiger partial charge in [-0.3, -0.25) is 0 Å². The third-order valence-corrected chi connectivity index (χ3v) is 1.70. The molecule has 68 valence electrons. The molecule has 0 aliphatic rings. The molecule has 6 heteroatoms. The molecule has 0 aromatic heterocycles. The Bertz CT molecular complexity index is 408. The Morgan fingerprint density at radius 1 is 1.64 bits per heavy atom. The van der Waals surface area contributed by atoms with Crippen LogP contribution < -0.4 is 29.6 Å². The average molecular weight is 223 g/mol. The van der Waals surface area contributed by atoms with Crippen LogP contribution in [0.5, 0.6) is 0 Å². The first kappa shape index (κ1) is 13.4. The van der Waals surface area contributed by atoms with E-state index in [1.807, 2.05) is 0 Å². The summed E-state index contributed by atoms with van der Waals surface area (Å²) in [6, 6.07) is 5.06. The maximum absolute atomic E-state index is 12.5. The number of nitriles is 1. The topological polar surface area (TPSA) is 56.4 Å². The minimum Gasteiger partial charge on any atom is -1.00 e. The zero-order chi connectivity index (χ0) is 9.84. The van der Waals surface area contributed by atoms with Gasteiger partial charge in [0.15, 0.2) is 5.71 Å². The van der Waals surface area contributed by atoms with Gasteiger partial charge in [-0.15, -0.1) is 0 Å². The van der Waals surface area contributed by atoms with Crippen LogP contribution in [0.2, 0.25) is 5.02 Å². The van der Waals surface area contributed by atoms with Gasteiger partial charge < -0.3 is 6.63 Å². The van der Waals surface area contributed by atoms with Crippen molar-refractivity contribution < 1.29 is 40.6 Å². The second-order valence-electron chi connectivity index (χ2n) is 2.18. The first-order chi connectivity index (χ1) is 6.19. The molecule has 1 aromatic rings. The van der Waals surface area contributed by atoms with E-state index in [-0.39, 0.29) is 47.3 Å². The number of hydrogen-bond acceptors (Lipinski definition) is 3. The molecule has 0 bridgehead atoms. The zero-order valence-electron chi connectivity index (χ0n) is 8.33. The minimum absolute atomic E-state index is 0. The van der Waals surface area contributed by atoms with Gasteiger partial charge in [0.1, 0.15) is 11.9 Å². The average Bonchev–Trinajstić information content (AvgIpc) is 2.10. The van der Waals surface area contributed by atoms with Crippen LogP contribution in [0.4, 0.5) is 4.39 Å². The summed E-state index contributed by atoms with van der Waals surface area (Å²) in [7, 11) is 0. The van der Waals surface area contributed by atoms with Crippen LogP contribution >= 0.6 is 11.6 Å². The van der Waals surface area contributed by atoms with Crippen molar-refractivity contribution in [1.29, 1.82) is 5.26 Å². The molecule has 1 rings (SSSR count). The van der Waals surface area contributed by atoms with Crippen molar-refractivity contribution in [3.63, 3.8) is 0 Å². The fraction of sp³-hybridized carbons (Fsp3) is 0. The summed E-state index contributed by atoms with van der Waals surface area (Å²) in [5.41, 5.74) is -0.0435. The van der Waals surface area contributed by atoms with Crippen LogP contribution in [-0.4, -0.2) is 10.9 Å². The molecule has 0 saturated heterocycles. The quantitative estimate of drug-likeness (QED) is 0.296. The summed E-state index contributed by atoms with van der Waals surface area (Å²) in [6.45, 7) is 0. The van der Waals surface area contributed by atoms with E-state index in [0.29, 0.717) is 0 Å². The van der Waals surface area contributed by atoms with E-state index in [1.54, 1.807) is 6.07 Å². The molecule has 0 fully saturated rings. The van der Waals surface area contributed by atoms with Gasteiger partial charge in [0, 0.05) is 5.56 Å². The number of oxime groups is 1. The third-order valence-electron chi connectivity index (χ3n) is 1.39. The molecule has 14 heavy (non-hydrogen) atoms. The Labute approximate surface area is 109 Å².